The molecule has 1 amide bonds. The number of aromatic amines is 1. The molecule has 0 unspecified atom stereocenters. The topological polar surface area (TPSA) is 71.6 Å². The van der Waals surface area contributed by atoms with Crippen molar-refractivity contribution in [1.82, 2.24) is 4.98 Å². The number of hydrogen-bond donors (Lipinski definition) is 1. The molecule has 162 valence electrons. The number of amides is 1. The van der Waals surface area contributed by atoms with Gasteiger partial charge >= 0.3 is 5.97 Å². The number of aromatic nitrogens is 1. The quantitative estimate of drug-likeness (QED) is 0.350. The molecule has 0 radical (unpaired) electrons. The fourth-order valence-corrected chi connectivity index (χ4v) is 3.50. The summed E-state index contributed by atoms with van der Waals surface area (Å²) in [4.78, 5) is 29.9. The second kappa shape index (κ2) is 8.98. The molecule has 0 fully saturated rings. The highest BCUT2D eigenvalue weighted by atomic mass is 16.5. The Hall–Kier alpha value is -4.06. The monoisotopic (exact) mass is 428 g/mol. The van der Waals surface area contributed by atoms with Crippen LogP contribution in [0.25, 0.3) is 10.9 Å². The second-order valence-corrected chi connectivity index (χ2v) is 7.60. The van der Waals surface area contributed by atoms with Crippen LogP contribution in [-0.2, 0) is 11.2 Å². The van der Waals surface area contributed by atoms with Crippen LogP contribution in [0, 0.1) is 6.92 Å². The van der Waals surface area contributed by atoms with Gasteiger partial charge in [-0.05, 0) is 67.1 Å². The zero-order valence-corrected chi connectivity index (χ0v) is 18.2. The summed E-state index contributed by atoms with van der Waals surface area (Å²) in [6, 6.07) is 20.0. The summed E-state index contributed by atoms with van der Waals surface area (Å²) in [5.74, 6) is 0.675. The Bertz CT molecular complexity index is 1260. The molecule has 6 nitrogen and oxygen atoms in total. The van der Waals surface area contributed by atoms with Crippen LogP contribution in [0.2, 0.25) is 0 Å². The third-order valence-electron chi connectivity index (χ3n) is 5.37. The van der Waals surface area contributed by atoms with Crippen LogP contribution in [0.1, 0.15) is 21.5 Å². The van der Waals surface area contributed by atoms with Gasteiger partial charge in [0.2, 0.25) is 0 Å². The van der Waals surface area contributed by atoms with Crippen LogP contribution >= 0.6 is 0 Å². The number of carbonyl (C=O) groups is 2. The third-order valence-corrected chi connectivity index (χ3v) is 5.37. The van der Waals surface area contributed by atoms with Crippen LogP contribution in [0.4, 0.5) is 5.69 Å². The van der Waals surface area contributed by atoms with E-state index in [0.717, 1.165) is 27.8 Å². The number of nitrogens with one attached hydrogen (secondary N) is 1. The highest BCUT2D eigenvalue weighted by molar-refractivity contribution is 6.05. The van der Waals surface area contributed by atoms with E-state index in [1.807, 2.05) is 49.4 Å². The average Bonchev–Trinajstić information content (AvgIpc) is 3.20. The molecule has 3 aromatic carbocycles. The molecule has 1 aromatic heterocycles. The molecule has 4 aromatic rings. The van der Waals surface area contributed by atoms with Gasteiger partial charge < -0.3 is 19.4 Å². The number of aryl methyl sites for hydroxylation is 1. The lowest BCUT2D eigenvalue weighted by Gasteiger charge is -2.18. The summed E-state index contributed by atoms with van der Waals surface area (Å²) < 4.78 is 10.8. The zero-order chi connectivity index (χ0) is 22.7. The lowest BCUT2D eigenvalue weighted by atomic mass is 10.1. The Morgan fingerprint density at radius 3 is 2.31 bits per heavy atom. The maximum Gasteiger partial charge on any atom is 0.315 e. The van der Waals surface area contributed by atoms with E-state index in [9.17, 15) is 9.59 Å². The number of fused-ring (bicyclic) bond motifs is 1. The molecule has 6 heteroatoms. The number of methoxy groups -OCH3 is 1. The van der Waals surface area contributed by atoms with Crippen molar-refractivity contribution in [1.29, 1.82) is 0 Å². The van der Waals surface area contributed by atoms with Crippen LogP contribution in [0.5, 0.6) is 11.5 Å². The predicted octanol–water partition coefficient (Wildman–Crippen LogP) is 4.91. The standard InChI is InChI=1S/C26H24N2O4/c1-17-4-6-18(7-5-17)26(30)28(2)20-8-10-21(11-9-20)32-25(29)14-19-16-27-24-13-12-22(31-3)15-23(19)24/h4-13,15-16,27H,14H2,1-3H3. The molecule has 32 heavy (non-hydrogen) atoms. The number of hydrogen-bond acceptors (Lipinski definition) is 4. The first kappa shape index (κ1) is 21.2. The van der Waals surface area contributed by atoms with E-state index in [1.54, 1.807) is 49.5 Å². The number of anilines is 1. The van der Waals surface area contributed by atoms with Gasteiger partial charge in [0, 0.05) is 35.4 Å². The van der Waals surface area contributed by atoms with Crippen molar-refractivity contribution in [2.24, 2.45) is 0 Å². The molecule has 0 aliphatic heterocycles. The molecule has 0 atom stereocenters. The number of carbonyl (C=O) groups excluding carboxylic acids is 2. The number of ether oxygens (including phenoxy) is 2. The van der Waals surface area contributed by atoms with E-state index >= 15 is 0 Å². The van der Waals surface area contributed by atoms with E-state index in [1.165, 1.54) is 0 Å². The molecule has 0 spiro atoms. The summed E-state index contributed by atoms with van der Waals surface area (Å²) in [6.45, 7) is 1.98. The maximum atomic E-state index is 12.7. The van der Waals surface area contributed by atoms with Crippen molar-refractivity contribution in [2.45, 2.75) is 13.3 Å². The van der Waals surface area contributed by atoms with Gasteiger partial charge in [0.25, 0.3) is 5.91 Å². The Labute approximate surface area is 186 Å². The number of H-pyrrole nitrogens is 1. The van der Waals surface area contributed by atoms with Gasteiger partial charge in [0.15, 0.2) is 0 Å². The summed E-state index contributed by atoms with van der Waals surface area (Å²) in [7, 11) is 3.33. The first-order valence-electron chi connectivity index (χ1n) is 10.2. The highest BCUT2D eigenvalue weighted by Gasteiger charge is 2.15. The van der Waals surface area contributed by atoms with Crippen molar-refractivity contribution < 1.29 is 19.1 Å². The zero-order valence-electron chi connectivity index (χ0n) is 18.2. The SMILES string of the molecule is COc1ccc2[nH]cc(CC(=O)Oc3ccc(N(C)C(=O)c4ccc(C)cc4)cc3)c2c1. The lowest BCUT2D eigenvalue weighted by molar-refractivity contribution is -0.133. The molecular formula is C26H24N2O4. The minimum absolute atomic E-state index is 0.107. The molecular weight excluding hydrogens is 404 g/mol. The van der Waals surface area contributed by atoms with Crippen molar-refractivity contribution in [2.75, 3.05) is 19.1 Å². The fraction of sp³-hybridized carbons (Fsp3) is 0.154. The Morgan fingerprint density at radius 1 is 0.938 bits per heavy atom. The smallest absolute Gasteiger partial charge is 0.315 e. The molecule has 1 N–H and O–H groups in total. The van der Waals surface area contributed by atoms with Crippen LogP contribution < -0.4 is 14.4 Å². The first-order valence-corrected chi connectivity index (χ1v) is 10.2. The molecule has 0 bridgehead atoms. The van der Waals surface area contributed by atoms with E-state index in [4.69, 9.17) is 9.47 Å². The lowest BCUT2D eigenvalue weighted by Crippen LogP contribution is -2.26. The van der Waals surface area contributed by atoms with E-state index in [2.05, 4.69) is 4.98 Å². The number of benzene rings is 3. The van der Waals surface area contributed by atoms with Gasteiger partial charge in [-0.25, -0.2) is 0 Å². The average molecular weight is 428 g/mol. The number of rotatable bonds is 6. The minimum atomic E-state index is -0.370. The maximum absolute atomic E-state index is 12.7. The predicted molar refractivity (Wildman–Crippen MR) is 125 cm³/mol. The van der Waals surface area contributed by atoms with E-state index in [-0.39, 0.29) is 18.3 Å². The van der Waals surface area contributed by atoms with Crippen molar-refractivity contribution in [3.05, 3.63) is 89.6 Å². The molecule has 0 saturated carbocycles. The van der Waals surface area contributed by atoms with Gasteiger partial charge in [0.05, 0.1) is 13.5 Å². The fourth-order valence-electron chi connectivity index (χ4n) is 3.50. The number of esters is 1. The first-order chi connectivity index (χ1) is 15.4. The van der Waals surface area contributed by atoms with Gasteiger partial charge in [-0.1, -0.05) is 17.7 Å². The minimum Gasteiger partial charge on any atom is -0.497 e. The normalized spacial score (nSPS) is 10.7. The second-order valence-electron chi connectivity index (χ2n) is 7.60. The number of nitrogens with zero attached hydrogens (tertiary/aromatic N) is 1. The van der Waals surface area contributed by atoms with Crippen LogP contribution in [0.3, 0.4) is 0 Å². The largest absolute Gasteiger partial charge is 0.497 e. The van der Waals surface area contributed by atoms with Gasteiger partial charge in [0.1, 0.15) is 11.5 Å². The van der Waals surface area contributed by atoms with Crippen LogP contribution in [-0.4, -0.2) is 31.0 Å². The Balaban J connectivity index is 1.41. The highest BCUT2D eigenvalue weighted by Crippen LogP contribution is 2.25. The molecule has 0 aliphatic rings. The van der Waals surface area contributed by atoms with E-state index < -0.39 is 0 Å². The molecule has 0 saturated heterocycles. The van der Waals surface area contributed by atoms with Gasteiger partial charge in [-0.3, -0.25) is 9.59 Å². The Kier molecular flexibility index (Phi) is 5.94. The van der Waals surface area contributed by atoms with E-state index in [0.29, 0.717) is 17.0 Å². The van der Waals surface area contributed by atoms with Gasteiger partial charge in [-0.2, -0.15) is 0 Å². The summed E-state index contributed by atoms with van der Waals surface area (Å²) in [5, 5.41) is 0.924. The van der Waals surface area contributed by atoms with Crippen molar-refractivity contribution in [3.63, 3.8) is 0 Å². The van der Waals surface area contributed by atoms with Gasteiger partial charge in [-0.15, -0.1) is 0 Å². The van der Waals surface area contributed by atoms with Crippen molar-refractivity contribution in [3.8, 4) is 11.5 Å². The molecule has 0 aliphatic carbocycles. The van der Waals surface area contributed by atoms with Crippen LogP contribution in [0.15, 0.2) is 72.9 Å². The summed E-state index contributed by atoms with van der Waals surface area (Å²) in [6.07, 6.45) is 1.93. The summed E-state index contributed by atoms with van der Waals surface area (Å²) >= 11 is 0. The molecule has 4 rings (SSSR count). The third kappa shape index (κ3) is 4.49. The summed E-state index contributed by atoms with van der Waals surface area (Å²) in [5.41, 5.74) is 4.19. The molecule has 1 heterocycles. The van der Waals surface area contributed by atoms with Crippen molar-refractivity contribution >= 4 is 28.5 Å². The Morgan fingerprint density at radius 2 is 1.62 bits per heavy atom.